The molecule has 3 aromatic rings. The SMILES string of the molecule is N#CC(CC1CCCN(CCCOc2c(Cl)cccc2Cl)C1)(c1ccccc1)c1ccccc1.O=C(O)C(=O)O. The summed E-state index contributed by atoms with van der Waals surface area (Å²) >= 11 is 12.4. The Balaban J connectivity index is 0.000000663. The molecule has 7 nitrogen and oxygen atoms in total. The van der Waals surface area contributed by atoms with E-state index in [0.717, 1.165) is 56.4 Å². The summed E-state index contributed by atoms with van der Waals surface area (Å²) in [5.41, 5.74) is 1.51. The Morgan fingerprint density at radius 2 is 1.48 bits per heavy atom. The molecule has 0 radical (unpaired) electrons. The van der Waals surface area contributed by atoms with E-state index in [-0.39, 0.29) is 0 Å². The van der Waals surface area contributed by atoms with Crippen LogP contribution in [0.25, 0.3) is 0 Å². The van der Waals surface area contributed by atoms with Gasteiger partial charge in [0.2, 0.25) is 0 Å². The van der Waals surface area contributed by atoms with Crippen molar-refractivity contribution in [3.8, 4) is 11.8 Å². The molecule has 1 saturated heterocycles. The fourth-order valence-electron chi connectivity index (χ4n) is 5.06. The van der Waals surface area contributed by atoms with Crippen LogP contribution < -0.4 is 4.74 Å². The molecule has 1 unspecified atom stereocenters. The predicted octanol–water partition coefficient (Wildman–Crippen LogP) is 6.53. The van der Waals surface area contributed by atoms with Crippen molar-refractivity contribution in [1.82, 2.24) is 4.90 Å². The fourth-order valence-corrected chi connectivity index (χ4v) is 5.57. The summed E-state index contributed by atoms with van der Waals surface area (Å²) in [5, 5.41) is 26.4. The van der Waals surface area contributed by atoms with Gasteiger partial charge in [-0.1, -0.05) is 89.9 Å². The zero-order valence-corrected chi connectivity index (χ0v) is 23.5. The number of carboxylic acids is 2. The number of para-hydroxylation sites is 1. The Kier molecular flexibility index (Phi) is 11.8. The van der Waals surface area contributed by atoms with E-state index in [9.17, 15) is 5.26 Å². The van der Waals surface area contributed by atoms with Gasteiger partial charge in [-0.3, -0.25) is 0 Å². The minimum Gasteiger partial charge on any atom is -0.490 e. The van der Waals surface area contributed by atoms with Crippen molar-refractivity contribution in [3.05, 3.63) is 100 Å². The molecular formula is C31H32Cl2N2O5. The first-order chi connectivity index (χ1) is 19.3. The highest BCUT2D eigenvalue weighted by Gasteiger charge is 2.38. The Morgan fingerprint density at radius 1 is 0.925 bits per heavy atom. The van der Waals surface area contributed by atoms with Crippen molar-refractivity contribution >= 4 is 35.1 Å². The lowest BCUT2D eigenvalue weighted by atomic mass is 9.69. The Bertz CT molecular complexity index is 1230. The van der Waals surface area contributed by atoms with Crippen molar-refractivity contribution in [1.29, 1.82) is 5.26 Å². The molecule has 0 amide bonds. The average molecular weight is 584 g/mol. The van der Waals surface area contributed by atoms with Crippen LogP contribution in [-0.4, -0.2) is 53.3 Å². The lowest BCUT2D eigenvalue weighted by Gasteiger charge is -2.37. The van der Waals surface area contributed by atoms with E-state index >= 15 is 0 Å². The Morgan fingerprint density at radius 3 is 1.98 bits per heavy atom. The van der Waals surface area contributed by atoms with Gasteiger partial charge in [-0.05, 0) is 61.4 Å². The van der Waals surface area contributed by atoms with E-state index in [2.05, 4.69) is 35.2 Å². The van der Waals surface area contributed by atoms with Crippen LogP contribution in [-0.2, 0) is 15.0 Å². The smallest absolute Gasteiger partial charge is 0.414 e. The summed E-state index contributed by atoms with van der Waals surface area (Å²) in [7, 11) is 0. The van der Waals surface area contributed by atoms with E-state index in [1.807, 2.05) is 42.5 Å². The molecule has 1 aliphatic heterocycles. The first-order valence-corrected chi connectivity index (χ1v) is 13.8. The summed E-state index contributed by atoms with van der Waals surface area (Å²) in [6.07, 6.45) is 4.01. The maximum absolute atomic E-state index is 10.5. The summed E-state index contributed by atoms with van der Waals surface area (Å²) in [6.45, 7) is 3.60. The van der Waals surface area contributed by atoms with Crippen molar-refractivity contribution < 1.29 is 24.5 Å². The van der Waals surface area contributed by atoms with Gasteiger partial charge in [-0.15, -0.1) is 0 Å². The summed E-state index contributed by atoms with van der Waals surface area (Å²) < 4.78 is 5.87. The second-order valence-corrected chi connectivity index (χ2v) is 10.4. The van der Waals surface area contributed by atoms with Crippen LogP contribution >= 0.6 is 23.2 Å². The first kappa shape index (κ1) is 31.0. The molecular weight excluding hydrogens is 551 g/mol. The van der Waals surface area contributed by atoms with Gasteiger partial charge in [-0.2, -0.15) is 5.26 Å². The van der Waals surface area contributed by atoms with Gasteiger partial charge >= 0.3 is 11.9 Å². The molecule has 0 bridgehead atoms. The summed E-state index contributed by atoms with van der Waals surface area (Å²) in [6, 6.07) is 28.6. The second kappa shape index (κ2) is 15.3. The van der Waals surface area contributed by atoms with Gasteiger partial charge in [0.05, 0.1) is 22.7 Å². The van der Waals surface area contributed by atoms with Crippen LogP contribution in [0, 0.1) is 17.2 Å². The van der Waals surface area contributed by atoms with Gasteiger partial charge in [-0.25, -0.2) is 9.59 Å². The number of hydrogen-bond donors (Lipinski definition) is 2. The molecule has 0 spiro atoms. The number of hydrogen-bond acceptors (Lipinski definition) is 5. The zero-order valence-electron chi connectivity index (χ0n) is 22.0. The molecule has 9 heteroatoms. The van der Waals surface area contributed by atoms with E-state index in [4.69, 9.17) is 47.7 Å². The number of ether oxygens (including phenoxy) is 1. The largest absolute Gasteiger partial charge is 0.490 e. The fraction of sp³-hybridized carbons (Fsp3) is 0.323. The van der Waals surface area contributed by atoms with Crippen molar-refractivity contribution in [2.45, 2.75) is 31.1 Å². The molecule has 1 aliphatic rings. The molecule has 4 rings (SSSR count). The maximum atomic E-state index is 10.5. The molecule has 1 fully saturated rings. The monoisotopic (exact) mass is 582 g/mol. The highest BCUT2D eigenvalue weighted by Crippen LogP contribution is 2.40. The third kappa shape index (κ3) is 8.46. The molecule has 3 aromatic carbocycles. The molecule has 1 atom stereocenters. The zero-order chi connectivity index (χ0) is 29.0. The summed E-state index contributed by atoms with van der Waals surface area (Å²) in [5.74, 6) is -2.63. The number of aliphatic carboxylic acids is 2. The molecule has 0 aromatic heterocycles. The van der Waals surface area contributed by atoms with E-state index in [0.29, 0.717) is 28.3 Å². The molecule has 0 saturated carbocycles. The van der Waals surface area contributed by atoms with Crippen LogP contribution in [0.3, 0.4) is 0 Å². The number of nitrogens with zero attached hydrogens (tertiary/aromatic N) is 2. The average Bonchev–Trinajstić information content (AvgIpc) is 2.97. The van der Waals surface area contributed by atoms with Crippen molar-refractivity contribution in [2.75, 3.05) is 26.2 Å². The van der Waals surface area contributed by atoms with Gasteiger partial charge in [0.15, 0.2) is 5.75 Å². The number of carboxylic acid groups (broad SMARTS) is 2. The number of carbonyl (C=O) groups is 2. The number of halogens is 2. The number of benzene rings is 3. The van der Waals surface area contributed by atoms with Gasteiger partial charge in [0.1, 0.15) is 5.41 Å². The minimum absolute atomic E-state index is 0.452. The predicted molar refractivity (Wildman–Crippen MR) is 155 cm³/mol. The van der Waals surface area contributed by atoms with E-state index in [1.54, 1.807) is 12.1 Å². The summed E-state index contributed by atoms with van der Waals surface area (Å²) in [4.78, 5) is 20.7. The Hall–Kier alpha value is -3.57. The van der Waals surface area contributed by atoms with Crippen LogP contribution in [0.1, 0.15) is 36.8 Å². The van der Waals surface area contributed by atoms with Gasteiger partial charge in [0, 0.05) is 13.1 Å². The normalized spacial score (nSPS) is 15.3. The standard InChI is InChI=1S/C29H30Cl2N2O.C2H2O4/c30-26-15-7-16-27(31)28(26)34-19-9-18-33-17-8-10-23(21-33)20-29(22-32,24-11-3-1-4-12-24)25-13-5-2-6-14-25;3-1(4)2(5)6/h1-7,11-16,23H,8-10,17-21H2;(H,3,4)(H,5,6). The number of nitriles is 1. The quantitative estimate of drug-likeness (QED) is 0.218. The van der Waals surface area contributed by atoms with Gasteiger partial charge in [0.25, 0.3) is 0 Å². The third-order valence-electron chi connectivity index (χ3n) is 6.89. The number of likely N-dealkylation sites (tertiary alicyclic amines) is 1. The highest BCUT2D eigenvalue weighted by molar-refractivity contribution is 6.37. The third-order valence-corrected chi connectivity index (χ3v) is 7.48. The molecule has 1 heterocycles. The van der Waals surface area contributed by atoms with E-state index < -0.39 is 17.4 Å². The number of rotatable bonds is 9. The lowest BCUT2D eigenvalue weighted by Crippen LogP contribution is -2.40. The molecule has 0 aliphatic carbocycles. The topological polar surface area (TPSA) is 111 Å². The van der Waals surface area contributed by atoms with Crippen molar-refractivity contribution in [3.63, 3.8) is 0 Å². The molecule has 210 valence electrons. The van der Waals surface area contributed by atoms with Crippen LogP contribution in [0.5, 0.6) is 5.75 Å². The highest BCUT2D eigenvalue weighted by atomic mass is 35.5. The lowest BCUT2D eigenvalue weighted by molar-refractivity contribution is -0.159. The molecule has 40 heavy (non-hydrogen) atoms. The first-order valence-electron chi connectivity index (χ1n) is 13.0. The van der Waals surface area contributed by atoms with E-state index in [1.165, 1.54) is 0 Å². The second-order valence-electron chi connectivity index (χ2n) is 9.63. The minimum atomic E-state index is -1.82. The van der Waals surface area contributed by atoms with Crippen LogP contribution in [0.2, 0.25) is 10.0 Å². The van der Waals surface area contributed by atoms with Crippen LogP contribution in [0.4, 0.5) is 0 Å². The maximum Gasteiger partial charge on any atom is 0.414 e. The van der Waals surface area contributed by atoms with Crippen molar-refractivity contribution in [2.24, 2.45) is 5.92 Å². The van der Waals surface area contributed by atoms with Crippen LogP contribution in [0.15, 0.2) is 78.9 Å². The Labute approximate surface area is 244 Å². The van der Waals surface area contributed by atoms with Gasteiger partial charge < -0.3 is 19.8 Å². The number of piperidine rings is 1. The molecule has 2 N–H and O–H groups in total.